The number of fused-ring (bicyclic) bond motifs is 1. The number of ether oxygens (including phenoxy) is 2. The van der Waals surface area contributed by atoms with Gasteiger partial charge < -0.3 is 19.6 Å². The molecule has 1 N–H and O–H groups in total. The Morgan fingerprint density at radius 3 is 2.78 bits per heavy atom. The zero-order valence-electron chi connectivity index (χ0n) is 10.2. The van der Waals surface area contributed by atoms with Gasteiger partial charge >= 0.3 is 0 Å². The van der Waals surface area contributed by atoms with Gasteiger partial charge in [0, 0.05) is 19.4 Å². The first-order chi connectivity index (χ1) is 8.65. The molecule has 1 amide bonds. The van der Waals surface area contributed by atoms with Gasteiger partial charge in [-0.3, -0.25) is 4.79 Å². The SMILES string of the molecule is CC(=O)CCC(=O)NCc1ccc2c(c1)OCO2. The second-order valence-corrected chi connectivity index (χ2v) is 4.17. The summed E-state index contributed by atoms with van der Waals surface area (Å²) in [6.07, 6.45) is 0.521. The third-order valence-electron chi connectivity index (χ3n) is 2.63. The molecule has 0 saturated carbocycles. The molecule has 1 heterocycles. The molecule has 0 radical (unpaired) electrons. The van der Waals surface area contributed by atoms with Crippen LogP contribution in [0.3, 0.4) is 0 Å². The Morgan fingerprint density at radius 2 is 2.00 bits per heavy atom. The highest BCUT2D eigenvalue weighted by molar-refractivity contribution is 5.83. The first-order valence-electron chi connectivity index (χ1n) is 5.80. The Morgan fingerprint density at radius 1 is 1.22 bits per heavy atom. The van der Waals surface area contributed by atoms with Crippen LogP contribution in [0.2, 0.25) is 0 Å². The van der Waals surface area contributed by atoms with Crippen molar-refractivity contribution in [1.29, 1.82) is 0 Å². The second-order valence-electron chi connectivity index (χ2n) is 4.17. The summed E-state index contributed by atoms with van der Waals surface area (Å²) >= 11 is 0. The van der Waals surface area contributed by atoms with Crippen molar-refractivity contribution >= 4 is 11.7 Å². The van der Waals surface area contributed by atoms with E-state index >= 15 is 0 Å². The Labute approximate surface area is 105 Å². The Balaban J connectivity index is 1.83. The zero-order valence-corrected chi connectivity index (χ0v) is 10.2. The maximum atomic E-state index is 11.4. The molecule has 1 aromatic carbocycles. The summed E-state index contributed by atoms with van der Waals surface area (Å²) in [5.41, 5.74) is 0.940. The number of ketones is 1. The van der Waals surface area contributed by atoms with E-state index in [4.69, 9.17) is 9.47 Å². The molecule has 0 saturated heterocycles. The van der Waals surface area contributed by atoms with Crippen LogP contribution < -0.4 is 14.8 Å². The molecule has 0 aromatic heterocycles. The van der Waals surface area contributed by atoms with E-state index in [-0.39, 0.29) is 31.3 Å². The highest BCUT2D eigenvalue weighted by Crippen LogP contribution is 2.32. The highest BCUT2D eigenvalue weighted by atomic mass is 16.7. The summed E-state index contributed by atoms with van der Waals surface area (Å²) in [4.78, 5) is 22.2. The lowest BCUT2D eigenvalue weighted by molar-refractivity contribution is -0.124. The average Bonchev–Trinajstić information content (AvgIpc) is 2.81. The van der Waals surface area contributed by atoms with E-state index in [0.29, 0.717) is 12.3 Å². The van der Waals surface area contributed by atoms with Gasteiger partial charge in [0.25, 0.3) is 0 Å². The molecular formula is C13H15NO4. The summed E-state index contributed by atoms with van der Waals surface area (Å²) in [6.45, 7) is 2.14. The van der Waals surface area contributed by atoms with Crippen molar-refractivity contribution in [1.82, 2.24) is 5.32 Å². The van der Waals surface area contributed by atoms with Crippen LogP contribution in [0.4, 0.5) is 0 Å². The molecule has 96 valence electrons. The van der Waals surface area contributed by atoms with E-state index in [9.17, 15) is 9.59 Å². The van der Waals surface area contributed by atoms with Gasteiger partial charge in [-0.05, 0) is 24.6 Å². The lowest BCUT2D eigenvalue weighted by atomic mass is 10.2. The minimum Gasteiger partial charge on any atom is -0.454 e. The molecule has 2 rings (SSSR count). The number of rotatable bonds is 5. The van der Waals surface area contributed by atoms with E-state index in [1.165, 1.54) is 6.92 Å². The van der Waals surface area contributed by atoms with Crippen LogP contribution in [-0.2, 0) is 16.1 Å². The van der Waals surface area contributed by atoms with Gasteiger partial charge in [-0.1, -0.05) is 6.07 Å². The van der Waals surface area contributed by atoms with Crippen LogP contribution in [0.25, 0.3) is 0 Å². The molecule has 0 aliphatic carbocycles. The molecule has 5 nitrogen and oxygen atoms in total. The lowest BCUT2D eigenvalue weighted by Gasteiger charge is -2.05. The topological polar surface area (TPSA) is 64.6 Å². The largest absolute Gasteiger partial charge is 0.454 e. The molecule has 0 spiro atoms. The Hall–Kier alpha value is -2.04. The molecule has 1 aromatic rings. The molecule has 1 aliphatic rings. The maximum absolute atomic E-state index is 11.4. The fraction of sp³-hybridized carbons (Fsp3) is 0.385. The quantitative estimate of drug-likeness (QED) is 0.856. The van der Waals surface area contributed by atoms with Gasteiger partial charge in [0.2, 0.25) is 12.7 Å². The number of nitrogens with one attached hydrogen (secondary N) is 1. The summed E-state index contributed by atoms with van der Waals surface area (Å²) in [5, 5.41) is 2.76. The molecule has 5 heteroatoms. The lowest BCUT2D eigenvalue weighted by Crippen LogP contribution is -2.22. The predicted octanol–water partition coefficient (Wildman–Crippen LogP) is 1.40. The smallest absolute Gasteiger partial charge is 0.231 e. The third-order valence-corrected chi connectivity index (χ3v) is 2.63. The normalized spacial score (nSPS) is 12.3. The van der Waals surface area contributed by atoms with E-state index in [0.717, 1.165) is 11.3 Å². The monoisotopic (exact) mass is 249 g/mol. The maximum Gasteiger partial charge on any atom is 0.231 e. The van der Waals surface area contributed by atoms with Crippen molar-refractivity contribution < 1.29 is 19.1 Å². The van der Waals surface area contributed by atoms with Crippen molar-refractivity contribution in [2.24, 2.45) is 0 Å². The van der Waals surface area contributed by atoms with E-state index in [1.54, 1.807) is 0 Å². The molecule has 0 bridgehead atoms. The second kappa shape index (κ2) is 5.53. The minimum absolute atomic E-state index is 0.0215. The highest BCUT2D eigenvalue weighted by Gasteiger charge is 2.13. The van der Waals surface area contributed by atoms with Crippen molar-refractivity contribution in [2.75, 3.05) is 6.79 Å². The van der Waals surface area contributed by atoms with Crippen molar-refractivity contribution in [3.8, 4) is 11.5 Å². The van der Waals surface area contributed by atoms with Crippen molar-refractivity contribution in [2.45, 2.75) is 26.3 Å². The summed E-state index contributed by atoms with van der Waals surface area (Å²) in [7, 11) is 0. The van der Waals surface area contributed by atoms with E-state index < -0.39 is 0 Å². The Bertz CT molecular complexity index is 470. The zero-order chi connectivity index (χ0) is 13.0. The Kier molecular flexibility index (Phi) is 3.82. The number of carbonyl (C=O) groups is 2. The predicted molar refractivity (Wildman–Crippen MR) is 64.3 cm³/mol. The molecular weight excluding hydrogens is 234 g/mol. The molecule has 1 aliphatic heterocycles. The summed E-state index contributed by atoms with van der Waals surface area (Å²) in [6, 6.07) is 5.53. The standard InChI is InChI=1S/C13H15NO4/c1-9(15)2-5-13(16)14-7-10-3-4-11-12(6-10)18-8-17-11/h3-4,6H,2,5,7-8H2,1H3,(H,14,16). The van der Waals surface area contributed by atoms with E-state index in [1.807, 2.05) is 18.2 Å². The van der Waals surface area contributed by atoms with Crippen LogP contribution in [0, 0.1) is 0 Å². The van der Waals surface area contributed by atoms with Gasteiger partial charge in [0.1, 0.15) is 5.78 Å². The van der Waals surface area contributed by atoms with Crippen molar-refractivity contribution in [3.05, 3.63) is 23.8 Å². The van der Waals surface area contributed by atoms with Gasteiger partial charge in [-0.2, -0.15) is 0 Å². The minimum atomic E-state index is -0.122. The average molecular weight is 249 g/mol. The van der Waals surface area contributed by atoms with Crippen LogP contribution in [0.1, 0.15) is 25.3 Å². The number of carbonyl (C=O) groups excluding carboxylic acids is 2. The number of hydrogen-bond acceptors (Lipinski definition) is 4. The number of Topliss-reactive ketones (excluding diaryl/α,β-unsaturated/α-hetero) is 1. The van der Waals surface area contributed by atoms with E-state index in [2.05, 4.69) is 5.32 Å². The fourth-order valence-electron chi connectivity index (χ4n) is 1.63. The number of hydrogen-bond donors (Lipinski definition) is 1. The van der Waals surface area contributed by atoms with Gasteiger partial charge in [0.15, 0.2) is 11.5 Å². The summed E-state index contributed by atoms with van der Waals surface area (Å²) in [5.74, 6) is 1.32. The van der Waals surface area contributed by atoms with Crippen LogP contribution in [0.5, 0.6) is 11.5 Å². The van der Waals surface area contributed by atoms with Crippen LogP contribution >= 0.6 is 0 Å². The van der Waals surface area contributed by atoms with Gasteiger partial charge in [0.05, 0.1) is 0 Å². The van der Waals surface area contributed by atoms with Gasteiger partial charge in [-0.15, -0.1) is 0 Å². The molecule has 0 atom stereocenters. The van der Waals surface area contributed by atoms with Crippen LogP contribution in [-0.4, -0.2) is 18.5 Å². The first kappa shape index (κ1) is 12.4. The first-order valence-corrected chi connectivity index (χ1v) is 5.80. The van der Waals surface area contributed by atoms with Gasteiger partial charge in [-0.25, -0.2) is 0 Å². The molecule has 18 heavy (non-hydrogen) atoms. The van der Waals surface area contributed by atoms with Crippen LogP contribution in [0.15, 0.2) is 18.2 Å². The van der Waals surface area contributed by atoms with Crippen molar-refractivity contribution in [3.63, 3.8) is 0 Å². The fourth-order valence-corrected chi connectivity index (χ4v) is 1.63. The molecule has 0 unspecified atom stereocenters. The molecule has 0 fully saturated rings. The third kappa shape index (κ3) is 3.23. The number of benzene rings is 1. The number of amides is 1. The summed E-state index contributed by atoms with van der Waals surface area (Å²) < 4.78 is 10.4.